The summed E-state index contributed by atoms with van der Waals surface area (Å²) in [5.74, 6) is -4.50. The highest BCUT2D eigenvalue weighted by molar-refractivity contribution is 5.72. The molecule has 0 aromatic carbocycles. The van der Waals surface area contributed by atoms with Gasteiger partial charge < -0.3 is 20.1 Å². The standard InChI is InChI=1S/C18H32O4/c1-2-3-4-5-6-7-8-9-10-11-12-13-14-15-16-18(21,22)17(19)20/h6-7,9-10,21-22H,2-5,8,11-16H2,1H3,(H,19,20)/p-1/b7-6-,10-9-. The molecule has 128 valence electrons. The molecule has 0 aromatic rings. The monoisotopic (exact) mass is 311 g/mol. The molecule has 0 aromatic heterocycles. The van der Waals surface area contributed by atoms with Gasteiger partial charge in [0.05, 0.1) is 0 Å². The lowest BCUT2D eigenvalue weighted by Gasteiger charge is -2.22. The van der Waals surface area contributed by atoms with Gasteiger partial charge in [-0.3, -0.25) is 0 Å². The number of hydrogen-bond acceptors (Lipinski definition) is 4. The van der Waals surface area contributed by atoms with Crippen LogP contribution < -0.4 is 5.11 Å². The van der Waals surface area contributed by atoms with Gasteiger partial charge in [0.25, 0.3) is 0 Å². The van der Waals surface area contributed by atoms with Crippen LogP contribution in [-0.2, 0) is 4.79 Å². The Morgan fingerprint density at radius 3 is 2.00 bits per heavy atom. The van der Waals surface area contributed by atoms with E-state index in [9.17, 15) is 9.90 Å². The number of hydrogen-bond donors (Lipinski definition) is 2. The van der Waals surface area contributed by atoms with Gasteiger partial charge in [0.1, 0.15) is 5.97 Å². The number of carbonyl (C=O) groups excluding carboxylic acids is 1. The van der Waals surface area contributed by atoms with Gasteiger partial charge in [0.2, 0.25) is 5.79 Å². The second-order valence-electron chi connectivity index (χ2n) is 5.73. The smallest absolute Gasteiger partial charge is 0.204 e. The summed E-state index contributed by atoms with van der Waals surface area (Å²) in [7, 11) is 0. The predicted molar refractivity (Wildman–Crippen MR) is 86.9 cm³/mol. The van der Waals surface area contributed by atoms with Crippen LogP contribution in [0, 0.1) is 0 Å². The molecule has 0 radical (unpaired) electrons. The molecule has 0 heterocycles. The molecule has 0 saturated heterocycles. The lowest BCUT2D eigenvalue weighted by atomic mass is 10.1. The largest absolute Gasteiger partial charge is 0.544 e. The molecule has 4 nitrogen and oxygen atoms in total. The number of carboxylic acids is 1. The summed E-state index contributed by atoms with van der Waals surface area (Å²) >= 11 is 0. The third-order valence-corrected chi connectivity index (χ3v) is 3.55. The zero-order chi connectivity index (χ0) is 16.7. The summed E-state index contributed by atoms with van der Waals surface area (Å²) in [6.07, 6.45) is 18.9. The van der Waals surface area contributed by atoms with Crippen molar-refractivity contribution < 1.29 is 20.1 Å². The Morgan fingerprint density at radius 1 is 0.909 bits per heavy atom. The second-order valence-corrected chi connectivity index (χ2v) is 5.73. The Balaban J connectivity index is 3.39. The van der Waals surface area contributed by atoms with Crippen LogP contribution in [0.5, 0.6) is 0 Å². The molecule has 22 heavy (non-hydrogen) atoms. The van der Waals surface area contributed by atoms with Crippen molar-refractivity contribution >= 4 is 5.97 Å². The summed E-state index contributed by atoms with van der Waals surface area (Å²) in [6.45, 7) is 2.21. The van der Waals surface area contributed by atoms with E-state index in [4.69, 9.17) is 10.2 Å². The van der Waals surface area contributed by atoms with E-state index in [2.05, 4.69) is 31.2 Å². The molecule has 0 aliphatic heterocycles. The Morgan fingerprint density at radius 2 is 1.45 bits per heavy atom. The van der Waals surface area contributed by atoms with Gasteiger partial charge in [-0.1, -0.05) is 56.9 Å². The Kier molecular flexibility index (Phi) is 12.8. The fourth-order valence-corrected chi connectivity index (χ4v) is 2.11. The van der Waals surface area contributed by atoms with Gasteiger partial charge >= 0.3 is 0 Å². The average molecular weight is 311 g/mol. The third-order valence-electron chi connectivity index (χ3n) is 3.55. The van der Waals surface area contributed by atoms with Crippen LogP contribution in [-0.4, -0.2) is 22.0 Å². The van der Waals surface area contributed by atoms with Crippen LogP contribution in [0.25, 0.3) is 0 Å². The van der Waals surface area contributed by atoms with E-state index < -0.39 is 11.8 Å². The number of unbranched alkanes of at least 4 members (excludes halogenated alkanes) is 7. The molecule has 0 fully saturated rings. The summed E-state index contributed by atoms with van der Waals surface area (Å²) in [6, 6.07) is 0. The quantitative estimate of drug-likeness (QED) is 0.294. The van der Waals surface area contributed by atoms with Crippen LogP contribution in [0.2, 0.25) is 0 Å². The van der Waals surface area contributed by atoms with Gasteiger partial charge in [-0.05, 0) is 38.5 Å². The van der Waals surface area contributed by atoms with E-state index in [1.165, 1.54) is 25.7 Å². The fraction of sp³-hybridized carbons (Fsp3) is 0.722. The molecule has 0 amide bonds. The molecule has 0 spiro atoms. The normalized spacial score (nSPS) is 12.5. The van der Waals surface area contributed by atoms with Crippen molar-refractivity contribution in [2.24, 2.45) is 0 Å². The van der Waals surface area contributed by atoms with E-state index in [0.717, 1.165) is 32.1 Å². The molecule has 0 aliphatic carbocycles. The second kappa shape index (κ2) is 13.5. The fourth-order valence-electron chi connectivity index (χ4n) is 2.11. The molecule has 0 rings (SSSR count). The van der Waals surface area contributed by atoms with Gasteiger partial charge in [-0.25, -0.2) is 0 Å². The van der Waals surface area contributed by atoms with Crippen molar-refractivity contribution in [3.8, 4) is 0 Å². The minimum atomic E-state index is -2.68. The van der Waals surface area contributed by atoms with Crippen molar-refractivity contribution in [3.63, 3.8) is 0 Å². The number of allylic oxidation sites excluding steroid dienone is 4. The molecular formula is C18H31O4-. The maximum atomic E-state index is 10.4. The van der Waals surface area contributed by atoms with Crippen LogP contribution in [0.15, 0.2) is 24.3 Å². The maximum Gasteiger partial charge on any atom is 0.204 e. The number of aliphatic hydroxyl groups is 2. The van der Waals surface area contributed by atoms with E-state index in [1.807, 2.05) is 0 Å². The predicted octanol–water partition coefficient (Wildman–Crippen LogP) is 2.84. The molecule has 0 saturated carbocycles. The van der Waals surface area contributed by atoms with Crippen molar-refractivity contribution in [1.82, 2.24) is 0 Å². The molecule has 0 unspecified atom stereocenters. The first-order valence-electron chi connectivity index (χ1n) is 8.47. The zero-order valence-electron chi connectivity index (χ0n) is 13.8. The minimum absolute atomic E-state index is 0.173. The van der Waals surface area contributed by atoms with Gasteiger partial charge in [0, 0.05) is 6.42 Å². The first kappa shape index (κ1) is 20.9. The van der Waals surface area contributed by atoms with Crippen molar-refractivity contribution in [3.05, 3.63) is 24.3 Å². The number of rotatable bonds is 14. The SMILES string of the molecule is CCCCC/C=C\C/C=C\CCCCCCC(O)(O)C(=O)[O-]. The summed E-state index contributed by atoms with van der Waals surface area (Å²) in [5, 5.41) is 28.5. The number of aliphatic carboxylic acids is 1. The van der Waals surface area contributed by atoms with Crippen LogP contribution in [0.4, 0.5) is 0 Å². The van der Waals surface area contributed by atoms with E-state index in [-0.39, 0.29) is 6.42 Å². The Bertz CT molecular complexity index is 332. The summed E-state index contributed by atoms with van der Waals surface area (Å²) in [4.78, 5) is 10.4. The highest BCUT2D eigenvalue weighted by atomic mass is 16.5. The van der Waals surface area contributed by atoms with Crippen molar-refractivity contribution in [1.29, 1.82) is 0 Å². The van der Waals surface area contributed by atoms with Crippen LogP contribution in [0.3, 0.4) is 0 Å². The van der Waals surface area contributed by atoms with Gasteiger partial charge in [-0.2, -0.15) is 0 Å². The topological polar surface area (TPSA) is 80.6 Å². The van der Waals surface area contributed by atoms with E-state index >= 15 is 0 Å². The maximum absolute atomic E-state index is 10.4. The Labute approximate surface area is 134 Å². The van der Waals surface area contributed by atoms with Crippen molar-refractivity contribution in [2.75, 3.05) is 0 Å². The number of carbonyl (C=O) groups is 1. The van der Waals surface area contributed by atoms with E-state index in [0.29, 0.717) is 6.42 Å². The molecule has 4 heteroatoms. The number of carboxylic acid groups (broad SMARTS) is 1. The third kappa shape index (κ3) is 12.6. The molecule has 0 bridgehead atoms. The molecular weight excluding hydrogens is 280 g/mol. The molecule has 0 aliphatic rings. The molecule has 2 N–H and O–H groups in total. The average Bonchev–Trinajstić information content (AvgIpc) is 2.47. The van der Waals surface area contributed by atoms with Gasteiger partial charge in [-0.15, -0.1) is 0 Å². The first-order valence-corrected chi connectivity index (χ1v) is 8.47. The molecule has 0 atom stereocenters. The van der Waals surface area contributed by atoms with Crippen LogP contribution in [0.1, 0.15) is 77.6 Å². The van der Waals surface area contributed by atoms with E-state index in [1.54, 1.807) is 0 Å². The summed E-state index contributed by atoms with van der Waals surface area (Å²) in [5.41, 5.74) is 0. The lowest BCUT2D eigenvalue weighted by molar-refractivity contribution is -0.347. The first-order chi connectivity index (χ1) is 10.5. The summed E-state index contributed by atoms with van der Waals surface area (Å²) < 4.78 is 0. The highest BCUT2D eigenvalue weighted by Gasteiger charge is 2.23. The Hall–Kier alpha value is -1.13. The van der Waals surface area contributed by atoms with Crippen LogP contribution >= 0.6 is 0 Å². The highest BCUT2D eigenvalue weighted by Crippen LogP contribution is 2.13. The lowest BCUT2D eigenvalue weighted by Crippen LogP contribution is -2.48. The van der Waals surface area contributed by atoms with Gasteiger partial charge in [0.15, 0.2) is 0 Å². The van der Waals surface area contributed by atoms with Crippen molar-refractivity contribution in [2.45, 2.75) is 83.3 Å². The minimum Gasteiger partial charge on any atom is -0.544 e. The zero-order valence-corrected chi connectivity index (χ0v) is 13.8.